The van der Waals surface area contributed by atoms with Crippen molar-refractivity contribution in [2.24, 2.45) is 5.92 Å². The molecule has 0 radical (unpaired) electrons. The molecule has 0 spiro atoms. The minimum absolute atomic E-state index is 0.356. The van der Waals surface area contributed by atoms with Gasteiger partial charge in [-0.1, -0.05) is 13.0 Å². The summed E-state index contributed by atoms with van der Waals surface area (Å²) in [6.07, 6.45) is -6.61. The van der Waals surface area contributed by atoms with E-state index in [0.29, 0.717) is 6.07 Å². The summed E-state index contributed by atoms with van der Waals surface area (Å²) in [6.45, 7) is 6.51. The molecular formula is C18H21F5O4. The summed E-state index contributed by atoms with van der Waals surface area (Å²) in [5.41, 5.74) is -4.12. The van der Waals surface area contributed by atoms with Crippen LogP contribution in [0, 0.1) is 17.6 Å². The third kappa shape index (κ3) is 3.74. The number of hydrogen-bond donors (Lipinski definition) is 1. The van der Waals surface area contributed by atoms with E-state index in [9.17, 15) is 31.9 Å². The molecule has 0 aliphatic carbocycles. The molecule has 1 fully saturated rings. The van der Waals surface area contributed by atoms with Crippen molar-refractivity contribution < 1.29 is 41.3 Å². The largest absolute Gasteiger partial charge is 0.505 e. The van der Waals surface area contributed by atoms with Gasteiger partial charge in [-0.2, -0.15) is 17.6 Å². The Hall–Kier alpha value is -1.90. The molecular weight excluding hydrogens is 375 g/mol. The second kappa shape index (κ2) is 6.61. The second-order valence-electron chi connectivity index (χ2n) is 7.79. The number of carbonyl (C=O) groups excluding carboxylic acids is 1. The average Bonchev–Trinajstić information content (AvgIpc) is 2.77. The Morgan fingerprint density at radius 3 is 2.26 bits per heavy atom. The van der Waals surface area contributed by atoms with Crippen LogP contribution in [-0.4, -0.2) is 34.6 Å². The van der Waals surface area contributed by atoms with Crippen molar-refractivity contribution in [3.63, 3.8) is 0 Å². The number of hydrogen-bond acceptors (Lipinski definition) is 4. The maximum atomic E-state index is 13.8. The standard InChI is InChI=1S/C18H21F5O4/c1-8-11(9-6-7-10(19)12(20)13(9)24)14(15(25)27-16(2,3)4)26-17(8,5)18(21,22)23/h6-8,11,14,24H,1-5H3. The van der Waals surface area contributed by atoms with Gasteiger partial charge >= 0.3 is 12.1 Å². The van der Waals surface area contributed by atoms with Gasteiger partial charge in [0.15, 0.2) is 23.3 Å². The fourth-order valence-electron chi connectivity index (χ4n) is 3.19. The minimum Gasteiger partial charge on any atom is -0.505 e. The van der Waals surface area contributed by atoms with Crippen LogP contribution in [0.15, 0.2) is 12.1 Å². The van der Waals surface area contributed by atoms with Crippen LogP contribution in [0.2, 0.25) is 0 Å². The van der Waals surface area contributed by atoms with Gasteiger partial charge in [0.25, 0.3) is 0 Å². The predicted octanol–water partition coefficient (Wildman–Crippen LogP) is 4.45. The molecule has 1 aliphatic rings. The number of alkyl halides is 3. The number of benzene rings is 1. The lowest BCUT2D eigenvalue weighted by atomic mass is 9.77. The molecule has 1 aromatic carbocycles. The van der Waals surface area contributed by atoms with Crippen LogP contribution >= 0.6 is 0 Å². The van der Waals surface area contributed by atoms with E-state index >= 15 is 0 Å². The summed E-state index contributed by atoms with van der Waals surface area (Å²) in [6, 6.07) is 1.62. The van der Waals surface area contributed by atoms with Crippen molar-refractivity contribution in [3.8, 4) is 5.75 Å². The van der Waals surface area contributed by atoms with Gasteiger partial charge in [0, 0.05) is 17.4 Å². The molecule has 4 nitrogen and oxygen atoms in total. The molecule has 2 rings (SSSR count). The molecule has 152 valence electrons. The van der Waals surface area contributed by atoms with Gasteiger partial charge in [-0.3, -0.25) is 0 Å². The molecule has 4 unspecified atom stereocenters. The highest BCUT2D eigenvalue weighted by Crippen LogP contribution is 2.55. The molecule has 27 heavy (non-hydrogen) atoms. The normalized spacial score (nSPS) is 29.0. The monoisotopic (exact) mass is 396 g/mol. The SMILES string of the molecule is CC1C(c2ccc(F)c(F)c2O)C(C(=O)OC(C)(C)C)OC1(C)C(F)(F)F. The van der Waals surface area contributed by atoms with Crippen LogP contribution in [-0.2, 0) is 14.3 Å². The van der Waals surface area contributed by atoms with Gasteiger partial charge in [0.2, 0.25) is 5.82 Å². The molecule has 0 amide bonds. The van der Waals surface area contributed by atoms with Crippen molar-refractivity contribution in [2.75, 3.05) is 0 Å². The van der Waals surface area contributed by atoms with E-state index in [1.165, 1.54) is 27.7 Å². The van der Waals surface area contributed by atoms with Gasteiger partial charge in [0.05, 0.1) is 0 Å². The summed E-state index contributed by atoms with van der Waals surface area (Å²) in [5.74, 6) is -8.02. The van der Waals surface area contributed by atoms with E-state index in [-0.39, 0.29) is 5.56 Å². The Morgan fingerprint density at radius 2 is 1.78 bits per heavy atom. The lowest BCUT2D eigenvalue weighted by Crippen LogP contribution is -2.47. The van der Waals surface area contributed by atoms with Crippen LogP contribution in [0.25, 0.3) is 0 Å². The number of aromatic hydroxyl groups is 1. The summed E-state index contributed by atoms with van der Waals surface area (Å²) in [4.78, 5) is 12.5. The van der Waals surface area contributed by atoms with E-state index in [2.05, 4.69) is 0 Å². The molecule has 1 N–H and O–H groups in total. The minimum atomic E-state index is -4.85. The molecule has 1 saturated heterocycles. The van der Waals surface area contributed by atoms with Crippen LogP contribution in [0.1, 0.15) is 46.1 Å². The first-order valence-electron chi connectivity index (χ1n) is 8.24. The number of halogens is 5. The van der Waals surface area contributed by atoms with E-state index in [1.807, 2.05) is 0 Å². The molecule has 4 atom stereocenters. The van der Waals surface area contributed by atoms with Crippen molar-refractivity contribution in [1.29, 1.82) is 0 Å². The topological polar surface area (TPSA) is 55.8 Å². The Kier molecular flexibility index (Phi) is 5.24. The second-order valence-corrected chi connectivity index (χ2v) is 7.79. The van der Waals surface area contributed by atoms with E-state index in [0.717, 1.165) is 13.0 Å². The van der Waals surface area contributed by atoms with Crippen molar-refractivity contribution in [3.05, 3.63) is 29.3 Å². The van der Waals surface area contributed by atoms with Gasteiger partial charge in [-0.15, -0.1) is 0 Å². The maximum Gasteiger partial charge on any atom is 0.417 e. The van der Waals surface area contributed by atoms with Crippen molar-refractivity contribution in [1.82, 2.24) is 0 Å². The average molecular weight is 396 g/mol. The van der Waals surface area contributed by atoms with Crippen molar-refractivity contribution in [2.45, 2.75) is 64.0 Å². The number of carbonyl (C=O) groups is 1. The Bertz CT molecular complexity index is 740. The highest BCUT2D eigenvalue weighted by molar-refractivity contribution is 5.77. The molecule has 9 heteroatoms. The zero-order chi connectivity index (χ0) is 20.9. The highest BCUT2D eigenvalue weighted by Gasteiger charge is 2.66. The summed E-state index contributed by atoms with van der Waals surface area (Å²) >= 11 is 0. The quantitative estimate of drug-likeness (QED) is 0.593. The van der Waals surface area contributed by atoms with E-state index < -0.39 is 58.7 Å². The summed E-state index contributed by atoms with van der Waals surface area (Å²) < 4.78 is 78.2. The number of ether oxygens (including phenoxy) is 2. The first-order chi connectivity index (χ1) is 12.1. The fraction of sp³-hybridized carbons (Fsp3) is 0.611. The number of rotatable bonds is 2. The van der Waals surface area contributed by atoms with Crippen LogP contribution < -0.4 is 0 Å². The van der Waals surface area contributed by atoms with E-state index in [4.69, 9.17) is 9.47 Å². The lowest BCUT2D eigenvalue weighted by molar-refractivity contribution is -0.274. The van der Waals surface area contributed by atoms with E-state index in [1.54, 1.807) is 0 Å². The molecule has 1 aromatic rings. The lowest BCUT2D eigenvalue weighted by Gasteiger charge is -2.31. The highest BCUT2D eigenvalue weighted by atomic mass is 19.4. The Labute approximate surface area is 153 Å². The molecule has 1 heterocycles. The third-order valence-corrected chi connectivity index (χ3v) is 4.77. The third-order valence-electron chi connectivity index (χ3n) is 4.77. The van der Waals surface area contributed by atoms with Crippen molar-refractivity contribution >= 4 is 5.97 Å². The smallest absolute Gasteiger partial charge is 0.417 e. The molecule has 1 aliphatic heterocycles. The number of esters is 1. The first kappa shape index (κ1) is 21.4. The first-order valence-corrected chi connectivity index (χ1v) is 8.24. The zero-order valence-electron chi connectivity index (χ0n) is 15.4. The fourth-order valence-corrected chi connectivity index (χ4v) is 3.19. The van der Waals surface area contributed by atoms with Crippen LogP contribution in [0.3, 0.4) is 0 Å². The summed E-state index contributed by atoms with van der Waals surface area (Å²) in [5, 5.41) is 9.96. The summed E-state index contributed by atoms with van der Waals surface area (Å²) in [7, 11) is 0. The van der Waals surface area contributed by atoms with Gasteiger partial charge in [-0.25, -0.2) is 9.18 Å². The maximum absolute atomic E-state index is 13.8. The molecule has 0 saturated carbocycles. The molecule has 0 bridgehead atoms. The van der Waals surface area contributed by atoms with Gasteiger partial charge in [0.1, 0.15) is 5.60 Å². The Morgan fingerprint density at radius 1 is 1.22 bits per heavy atom. The number of phenolic OH excluding ortho intramolecular Hbond substituents is 1. The molecule has 0 aromatic heterocycles. The van der Waals surface area contributed by atoms with Crippen LogP contribution in [0.4, 0.5) is 22.0 Å². The zero-order valence-corrected chi connectivity index (χ0v) is 15.4. The predicted molar refractivity (Wildman–Crippen MR) is 85.1 cm³/mol. The van der Waals surface area contributed by atoms with Crippen LogP contribution in [0.5, 0.6) is 5.75 Å². The Balaban J connectivity index is 2.59. The van der Waals surface area contributed by atoms with Gasteiger partial charge < -0.3 is 14.6 Å². The number of phenols is 1. The van der Waals surface area contributed by atoms with Gasteiger partial charge in [-0.05, 0) is 33.8 Å².